The van der Waals surface area contributed by atoms with Crippen molar-refractivity contribution in [2.24, 2.45) is 0 Å². The van der Waals surface area contributed by atoms with Crippen molar-refractivity contribution in [2.45, 2.75) is 6.92 Å². The van der Waals surface area contributed by atoms with Gasteiger partial charge in [0.15, 0.2) is 0 Å². The number of halogens is 1. The van der Waals surface area contributed by atoms with E-state index in [4.69, 9.17) is 10.5 Å². The zero-order valence-corrected chi connectivity index (χ0v) is 13.9. The van der Waals surface area contributed by atoms with Gasteiger partial charge < -0.3 is 10.5 Å². The zero-order chi connectivity index (χ0) is 18.0. The van der Waals surface area contributed by atoms with Crippen LogP contribution in [0.3, 0.4) is 0 Å². The van der Waals surface area contributed by atoms with Crippen LogP contribution in [0.5, 0.6) is 5.75 Å². The molecule has 0 saturated heterocycles. The summed E-state index contributed by atoms with van der Waals surface area (Å²) in [5.41, 5.74) is 10.1. The quantitative estimate of drug-likeness (QED) is 0.774. The maximum Gasteiger partial charge on any atom is 0.142 e. The number of rotatable bonds is 3. The summed E-state index contributed by atoms with van der Waals surface area (Å²) in [7, 11) is 1.60. The topological polar surface area (TPSA) is 71.9 Å². The summed E-state index contributed by atoms with van der Waals surface area (Å²) in [6.07, 6.45) is 0. The normalized spacial score (nSPS) is 10.3. The van der Waals surface area contributed by atoms with Gasteiger partial charge in [-0.2, -0.15) is 5.26 Å². The predicted molar refractivity (Wildman–Crippen MR) is 95.5 cm³/mol. The fourth-order valence-electron chi connectivity index (χ4n) is 2.81. The number of ether oxygens (including phenoxy) is 1. The van der Waals surface area contributed by atoms with Gasteiger partial charge in [0.1, 0.15) is 29.0 Å². The molecule has 25 heavy (non-hydrogen) atoms. The third-order valence-electron chi connectivity index (χ3n) is 4.08. The second kappa shape index (κ2) is 6.62. The Balaban J connectivity index is 2.25. The number of nitrogens with two attached hydrogens (primary N) is 1. The highest BCUT2D eigenvalue weighted by Gasteiger charge is 2.18. The van der Waals surface area contributed by atoms with Crippen LogP contribution in [-0.2, 0) is 0 Å². The summed E-state index contributed by atoms with van der Waals surface area (Å²) in [5.74, 6) is 0.553. The molecule has 1 heterocycles. The van der Waals surface area contributed by atoms with Gasteiger partial charge in [-0.25, -0.2) is 9.37 Å². The van der Waals surface area contributed by atoms with Crippen LogP contribution in [-0.4, -0.2) is 12.1 Å². The van der Waals surface area contributed by atoms with Gasteiger partial charge in [0.2, 0.25) is 0 Å². The number of benzene rings is 2. The van der Waals surface area contributed by atoms with E-state index < -0.39 is 0 Å². The van der Waals surface area contributed by atoms with E-state index in [-0.39, 0.29) is 11.6 Å². The van der Waals surface area contributed by atoms with Gasteiger partial charge >= 0.3 is 0 Å². The Labute approximate surface area is 145 Å². The van der Waals surface area contributed by atoms with Gasteiger partial charge in [0.05, 0.1) is 12.8 Å². The maximum atomic E-state index is 13.3. The van der Waals surface area contributed by atoms with Crippen LogP contribution in [0, 0.1) is 24.1 Å². The van der Waals surface area contributed by atoms with Crippen molar-refractivity contribution >= 4 is 5.82 Å². The molecular weight excluding hydrogens is 317 g/mol. The number of hydrogen-bond donors (Lipinski definition) is 1. The highest BCUT2D eigenvalue weighted by Crippen LogP contribution is 2.36. The first-order valence-corrected chi connectivity index (χ1v) is 7.65. The van der Waals surface area contributed by atoms with Gasteiger partial charge in [0, 0.05) is 11.1 Å². The minimum absolute atomic E-state index is 0.151. The molecule has 0 bridgehead atoms. The lowest BCUT2D eigenvalue weighted by Crippen LogP contribution is -2.03. The Morgan fingerprint density at radius 3 is 2.20 bits per heavy atom. The van der Waals surface area contributed by atoms with Crippen LogP contribution >= 0.6 is 0 Å². The molecule has 0 saturated carbocycles. The molecule has 0 unspecified atom stereocenters. The molecular formula is C20H16FN3O. The second-order valence-electron chi connectivity index (χ2n) is 5.57. The maximum absolute atomic E-state index is 13.3. The molecule has 0 aliphatic carbocycles. The zero-order valence-electron chi connectivity index (χ0n) is 13.9. The van der Waals surface area contributed by atoms with Crippen LogP contribution in [0.15, 0.2) is 48.5 Å². The minimum Gasteiger partial charge on any atom is -0.497 e. The summed E-state index contributed by atoms with van der Waals surface area (Å²) in [6.45, 7) is 1.88. The number of nitrogens with zero attached hydrogens (tertiary/aromatic N) is 2. The Kier molecular flexibility index (Phi) is 4.36. The lowest BCUT2D eigenvalue weighted by molar-refractivity contribution is 0.415. The van der Waals surface area contributed by atoms with Gasteiger partial charge in [-0.05, 0) is 54.4 Å². The van der Waals surface area contributed by atoms with Crippen molar-refractivity contribution < 1.29 is 9.13 Å². The van der Waals surface area contributed by atoms with Crippen LogP contribution in [0.1, 0.15) is 11.1 Å². The summed E-state index contributed by atoms with van der Waals surface area (Å²) < 4.78 is 18.4. The fourth-order valence-corrected chi connectivity index (χ4v) is 2.81. The molecule has 4 nitrogen and oxygen atoms in total. The van der Waals surface area contributed by atoms with E-state index in [2.05, 4.69) is 11.1 Å². The number of pyridine rings is 1. The number of aromatic nitrogens is 1. The molecule has 124 valence electrons. The van der Waals surface area contributed by atoms with Crippen LogP contribution < -0.4 is 10.5 Å². The summed E-state index contributed by atoms with van der Waals surface area (Å²) >= 11 is 0. The monoisotopic (exact) mass is 333 g/mol. The number of anilines is 1. The van der Waals surface area contributed by atoms with E-state index in [1.54, 1.807) is 19.2 Å². The summed E-state index contributed by atoms with van der Waals surface area (Å²) in [4.78, 5) is 4.41. The molecule has 2 N–H and O–H groups in total. The largest absolute Gasteiger partial charge is 0.497 e. The van der Waals surface area contributed by atoms with E-state index >= 15 is 0 Å². The third-order valence-corrected chi connectivity index (χ3v) is 4.08. The molecule has 0 fully saturated rings. The summed E-state index contributed by atoms with van der Waals surface area (Å²) in [5, 5.41) is 9.51. The van der Waals surface area contributed by atoms with E-state index in [1.165, 1.54) is 12.1 Å². The first-order chi connectivity index (χ1) is 12.0. The molecule has 0 spiro atoms. The van der Waals surface area contributed by atoms with Crippen molar-refractivity contribution in [3.8, 4) is 34.2 Å². The molecule has 1 aromatic heterocycles. The van der Waals surface area contributed by atoms with E-state index in [0.717, 1.165) is 22.4 Å². The number of methoxy groups -OCH3 is 1. The Morgan fingerprint density at radius 2 is 1.64 bits per heavy atom. The standard InChI is InChI=1S/C20H16FN3O/c1-12-18(13-3-7-15(21)8-4-13)17(11-22)20(23)24-19(12)14-5-9-16(25-2)10-6-14/h3-10H,1-2H3,(H2,23,24). The van der Waals surface area contributed by atoms with Crippen LogP contribution in [0.25, 0.3) is 22.4 Å². The first kappa shape index (κ1) is 16.5. The lowest BCUT2D eigenvalue weighted by Gasteiger charge is -2.15. The molecule has 0 amide bonds. The number of nitriles is 1. The molecule has 3 aromatic rings. The molecule has 0 aliphatic rings. The van der Waals surface area contributed by atoms with Crippen molar-refractivity contribution in [2.75, 3.05) is 12.8 Å². The molecule has 0 radical (unpaired) electrons. The van der Waals surface area contributed by atoms with Crippen LogP contribution in [0.4, 0.5) is 10.2 Å². The van der Waals surface area contributed by atoms with Gasteiger partial charge in [-0.3, -0.25) is 0 Å². The second-order valence-corrected chi connectivity index (χ2v) is 5.57. The van der Waals surface area contributed by atoms with Crippen LogP contribution in [0.2, 0.25) is 0 Å². The average Bonchev–Trinajstić information content (AvgIpc) is 2.64. The van der Waals surface area contributed by atoms with E-state index in [0.29, 0.717) is 16.8 Å². The van der Waals surface area contributed by atoms with Crippen molar-refractivity contribution in [3.63, 3.8) is 0 Å². The highest BCUT2D eigenvalue weighted by molar-refractivity contribution is 5.84. The van der Waals surface area contributed by atoms with Gasteiger partial charge in [-0.15, -0.1) is 0 Å². The van der Waals surface area contributed by atoms with E-state index in [9.17, 15) is 9.65 Å². The van der Waals surface area contributed by atoms with Crippen molar-refractivity contribution in [3.05, 3.63) is 65.5 Å². The lowest BCUT2D eigenvalue weighted by atomic mass is 9.93. The summed E-state index contributed by atoms with van der Waals surface area (Å²) in [6, 6.07) is 15.5. The molecule has 0 aliphatic heterocycles. The number of hydrogen-bond acceptors (Lipinski definition) is 4. The Hall–Kier alpha value is -3.39. The molecule has 3 rings (SSSR count). The van der Waals surface area contributed by atoms with E-state index in [1.807, 2.05) is 31.2 Å². The Bertz CT molecular complexity index is 958. The Morgan fingerprint density at radius 1 is 1.04 bits per heavy atom. The first-order valence-electron chi connectivity index (χ1n) is 7.65. The predicted octanol–water partition coefficient (Wildman–Crippen LogP) is 4.33. The van der Waals surface area contributed by atoms with Crippen molar-refractivity contribution in [1.82, 2.24) is 4.98 Å². The third kappa shape index (κ3) is 3.02. The molecule has 5 heteroatoms. The van der Waals surface area contributed by atoms with Crippen molar-refractivity contribution in [1.29, 1.82) is 5.26 Å². The molecule has 0 atom stereocenters. The van der Waals surface area contributed by atoms with Gasteiger partial charge in [-0.1, -0.05) is 12.1 Å². The highest BCUT2D eigenvalue weighted by atomic mass is 19.1. The average molecular weight is 333 g/mol. The smallest absolute Gasteiger partial charge is 0.142 e. The SMILES string of the molecule is COc1ccc(-c2nc(N)c(C#N)c(-c3ccc(F)cc3)c2C)cc1. The fraction of sp³-hybridized carbons (Fsp3) is 0.100. The van der Waals surface area contributed by atoms with Gasteiger partial charge in [0.25, 0.3) is 0 Å². The number of nitrogen functional groups attached to an aromatic ring is 1. The molecule has 2 aromatic carbocycles. The minimum atomic E-state index is -0.336.